The van der Waals surface area contributed by atoms with Crippen LogP contribution in [-0.4, -0.2) is 0 Å². The zero-order valence-electron chi connectivity index (χ0n) is 47.3. The summed E-state index contributed by atoms with van der Waals surface area (Å²) in [5.41, 5.74) is 0. The van der Waals surface area contributed by atoms with Crippen molar-refractivity contribution in [3.63, 3.8) is 0 Å². The molecule has 6 fully saturated rings. The predicted octanol–water partition coefficient (Wildman–Crippen LogP) is 22.9. The van der Waals surface area contributed by atoms with Crippen LogP contribution in [-0.2, 0) is 0 Å². The summed E-state index contributed by atoms with van der Waals surface area (Å²) in [6.45, 7) is 52.2. The van der Waals surface area contributed by atoms with Crippen molar-refractivity contribution in [2.24, 2.45) is 59.2 Å². The molecule has 0 heterocycles. The van der Waals surface area contributed by atoms with Crippen LogP contribution < -0.4 is 0 Å². The summed E-state index contributed by atoms with van der Waals surface area (Å²) in [6.07, 6.45) is 27.0. The van der Waals surface area contributed by atoms with Crippen LogP contribution >= 0.6 is 0 Å². The SMILES string of the molecule is C1CCC2CC3C(CC2C1)C1CCCCC1C1CCC2CCCCC2C13.CC.CC.CC.CC.CC.CC.CC.CC.CC.CC.CC.CC.CCC.c1ccccc1. The van der Waals surface area contributed by atoms with Gasteiger partial charge in [-0.2, -0.15) is 0 Å². The van der Waals surface area contributed by atoms with E-state index in [2.05, 4.69) is 13.8 Å². The van der Waals surface area contributed by atoms with Gasteiger partial charge < -0.3 is 0 Å². The fraction of sp³-hybridized carbons (Fsp3) is 0.898. The molecule has 0 radical (unpaired) electrons. The fourth-order valence-corrected chi connectivity index (χ4v) is 10.7. The number of benzene rings is 1. The molecule has 364 valence electrons. The number of fused-ring (bicyclic) bond motifs is 9. The maximum Gasteiger partial charge on any atom is -0.0321 e. The lowest BCUT2D eigenvalue weighted by Gasteiger charge is -2.63. The van der Waals surface area contributed by atoms with Crippen LogP contribution in [0.5, 0.6) is 0 Å². The van der Waals surface area contributed by atoms with Crippen molar-refractivity contribution in [3.05, 3.63) is 36.4 Å². The molecule has 6 aliphatic carbocycles. The van der Waals surface area contributed by atoms with Gasteiger partial charge in [0.05, 0.1) is 0 Å². The third-order valence-corrected chi connectivity index (χ3v) is 11.7. The summed E-state index contributed by atoms with van der Waals surface area (Å²) in [5, 5.41) is 0. The van der Waals surface area contributed by atoms with E-state index in [4.69, 9.17) is 0 Å². The van der Waals surface area contributed by atoms with Crippen molar-refractivity contribution in [3.8, 4) is 0 Å². The molecule has 0 heteroatoms. The first-order chi connectivity index (χ1) is 29.3. The Morgan fingerprint density at radius 2 is 0.508 bits per heavy atom. The van der Waals surface area contributed by atoms with Gasteiger partial charge in [-0.1, -0.05) is 281 Å². The zero-order valence-corrected chi connectivity index (χ0v) is 47.3. The second kappa shape index (κ2) is 66.3. The molecule has 0 bridgehead atoms. The van der Waals surface area contributed by atoms with Crippen molar-refractivity contribution < 1.29 is 0 Å². The first-order valence-electron chi connectivity index (χ1n) is 28.3. The van der Waals surface area contributed by atoms with Crippen LogP contribution in [0.1, 0.15) is 289 Å². The lowest BCUT2D eigenvalue weighted by atomic mass is 9.42. The van der Waals surface area contributed by atoms with Gasteiger partial charge in [0, 0.05) is 0 Å². The first kappa shape index (κ1) is 75.6. The molecule has 0 saturated heterocycles. The summed E-state index contributed by atoms with van der Waals surface area (Å²) in [5.74, 6) is 11.6. The van der Waals surface area contributed by atoms with Crippen LogP contribution in [0.3, 0.4) is 0 Å². The maximum absolute atomic E-state index is 2.12. The number of hydrogen-bond donors (Lipinski definition) is 0. The Kier molecular flexibility index (Phi) is 85.0. The van der Waals surface area contributed by atoms with Gasteiger partial charge in [-0.25, -0.2) is 0 Å². The van der Waals surface area contributed by atoms with Crippen LogP contribution in [0.4, 0.5) is 0 Å². The molecule has 1 aromatic carbocycles. The highest BCUT2D eigenvalue weighted by molar-refractivity contribution is 5.06. The normalized spacial score (nSPS) is 27.2. The molecule has 0 amide bonds. The van der Waals surface area contributed by atoms with Crippen molar-refractivity contribution in [2.75, 3.05) is 0 Å². The minimum absolute atomic E-state index is 1.15. The van der Waals surface area contributed by atoms with E-state index < -0.39 is 0 Å². The van der Waals surface area contributed by atoms with E-state index in [1.807, 2.05) is 203 Å². The van der Waals surface area contributed by atoms with E-state index in [1.165, 1.54) is 30.1 Å². The smallest absolute Gasteiger partial charge is 0.0321 e. The Morgan fingerprint density at radius 3 is 0.847 bits per heavy atom. The predicted molar refractivity (Wildman–Crippen MR) is 287 cm³/mol. The van der Waals surface area contributed by atoms with Gasteiger partial charge in [0.25, 0.3) is 0 Å². The zero-order chi connectivity index (χ0) is 48.0. The molecule has 10 atom stereocenters. The molecule has 10 unspecified atom stereocenters. The van der Waals surface area contributed by atoms with E-state index >= 15 is 0 Å². The third kappa shape index (κ3) is 30.8. The average Bonchev–Trinajstić information content (AvgIpc) is 3.39. The standard InChI is InChI=1S/C26H42.C6H6.C3H8.12C2H6/c1-2-9-19-16-25-24(15-18(19)8-1)22-12-6-5-11-21(22)23-14-13-17-7-3-4-10-20(17)26(23)25;1-2-4-6-5-3-1;1-3-2;12*1-2/h17-26H,1-16H2;1-6H;3H2,1-2H3;12*1-2H3. The molecule has 0 spiro atoms. The van der Waals surface area contributed by atoms with Gasteiger partial charge in [0.1, 0.15) is 0 Å². The highest BCUT2D eigenvalue weighted by Gasteiger charge is 2.57. The Labute approximate surface area is 383 Å². The summed E-state index contributed by atoms with van der Waals surface area (Å²) in [4.78, 5) is 0. The second-order valence-corrected chi connectivity index (χ2v) is 13.6. The molecular formula is C59H128. The quantitative estimate of drug-likeness (QED) is 0.244. The molecule has 7 rings (SSSR count). The lowest BCUT2D eigenvalue weighted by Crippen LogP contribution is -2.56. The monoisotopic (exact) mass is 837 g/mol. The molecule has 1 aromatic rings. The largest absolute Gasteiger partial charge is 0.0683 e. The highest BCUT2D eigenvalue weighted by Crippen LogP contribution is 2.65. The molecule has 6 aliphatic rings. The van der Waals surface area contributed by atoms with Gasteiger partial charge in [-0.3, -0.25) is 0 Å². The minimum atomic E-state index is 1.15. The summed E-state index contributed by atoms with van der Waals surface area (Å²) < 4.78 is 0. The van der Waals surface area contributed by atoms with Crippen LogP contribution in [0, 0.1) is 59.2 Å². The first-order valence-corrected chi connectivity index (χ1v) is 28.3. The van der Waals surface area contributed by atoms with Crippen LogP contribution in [0.25, 0.3) is 0 Å². The molecule has 0 aliphatic heterocycles. The van der Waals surface area contributed by atoms with Crippen molar-refractivity contribution in [2.45, 2.75) is 289 Å². The van der Waals surface area contributed by atoms with Gasteiger partial charge >= 0.3 is 0 Å². The van der Waals surface area contributed by atoms with Crippen LogP contribution in [0.2, 0.25) is 0 Å². The Balaban J connectivity index is -0.000000110. The Morgan fingerprint density at radius 1 is 0.254 bits per heavy atom. The Bertz CT molecular complexity index is 685. The topological polar surface area (TPSA) is 0 Å². The number of hydrogen-bond acceptors (Lipinski definition) is 0. The van der Waals surface area contributed by atoms with E-state index in [0.29, 0.717) is 0 Å². The Hall–Kier alpha value is -0.780. The van der Waals surface area contributed by atoms with Crippen molar-refractivity contribution in [1.82, 2.24) is 0 Å². The molecule has 0 nitrogen and oxygen atoms in total. The summed E-state index contributed by atoms with van der Waals surface area (Å²) in [7, 11) is 0. The highest BCUT2D eigenvalue weighted by atomic mass is 14.6. The molecule has 59 heavy (non-hydrogen) atoms. The van der Waals surface area contributed by atoms with E-state index in [0.717, 1.165) is 35.5 Å². The summed E-state index contributed by atoms with van der Waals surface area (Å²) in [6, 6.07) is 12.0. The fourth-order valence-electron chi connectivity index (χ4n) is 10.7. The maximum atomic E-state index is 2.12. The summed E-state index contributed by atoms with van der Waals surface area (Å²) >= 11 is 0. The minimum Gasteiger partial charge on any atom is -0.0683 e. The van der Waals surface area contributed by atoms with Gasteiger partial charge in [0.15, 0.2) is 0 Å². The van der Waals surface area contributed by atoms with E-state index in [1.54, 1.807) is 103 Å². The van der Waals surface area contributed by atoms with Crippen LogP contribution in [0.15, 0.2) is 36.4 Å². The molecule has 0 N–H and O–H groups in total. The third-order valence-electron chi connectivity index (χ3n) is 11.7. The second-order valence-electron chi connectivity index (χ2n) is 13.6. The van der Waals surface area contributed by atoms with Gasteiger partial charge in [-0.15, -0.1) is 0 Å². The van der Waals surface area contributed by atoms with E-state index in [-0.39, 0.29) is 0 Å². The van der Waals surface area contributed by atoms with Crippen molar-refractivity contribution in [1.29, 1.82) is 0 Å². The number of rotatable bonds is 0. The van der Waals surface area contributed by atoms with Crippen molar-refractivity contribution >= 4 is 0 Å². The molecular weight excluding hydrogens is 709 g/mol. The molecule has 6 saturated carbocycles. The van der Waals surface area contributed by atoms with Gasteiger partial charge in [0.2, 0.25) is 0 Å². The molecule has 0 aromatic heterocycles. The van der Waals surface area contributed by atoms with Gasteiger partial charge in [-0.05, 0) is 104 Å². The average molecular weight is 838 g/mol. The lowest BCUT2D eigenvalue weighted by molar-refractivity contribution is -0.141. The van der Waals surface area contributed by atoms with E-state index in [9.17, 15) is 0 Å².